The lowest BCUT2D eigenvalue weighted by atomic mass is 9.94. The molecule has 0 atom stereocenters. The van der Waals surface area contributed by atoms with Crippen molar-refractivity contribution in [1.29, 1.82) is 5.26 Å². The summed E-state index contributed by atoms with van der Waals surface area (Å²) >= 11 is 13.5. The molecule has 0 saturated heterocycles. The smallest absolute Gasteiger partial charge is 0.323 e. The highest BCUT2D eigenvalue weighted by molar-refractivity contribution is 7.16. The fraction of sp³-hybridized carbons (Fsp3) is 0.286. The predicted octanol–water partition coefficient (Wildman–Crippen LogP) is 3.31. The molecule has 3 heterocycles. The minimum absolute atomic E-state index is 0.0274. The summed E-state index contributed by atoms with van der Waals surface area (Å²) in [5.74, 6) is -1.79. The Hall–Kier alpha value is -3.17. The molecular formula is C21H19Cl2N5O5S. The number of aliphatic hydroxyl groups is 1. The number of hydrogen-bond acceptors (Lipinski definition) is 8. The van der Waals surface area contributed by atoms with Gasteiger partial charge in [0, 0.05) is 22.7 Å². The Kier molecular flexibility index (Phi) is 7.48. The van der Waals surface area contributed by atoms with E-state index in [2.05, 4.69) is 10.4 Å². The van der Waals surface area contributed by atoms with Gasteiger partial charge in [0.15, 0.2) is 5.82 Å². The van der Waals surface area contributed by atoms with Gasteiger partial charge in [-0.2, -0.15) is 15.0 Å². The lowest BCUT2D eigenvalue weighted by molar-refractivity contribution is -0.137. The number of halogens is 2. The van der Waals surface area contributed by atoms with Crippen LogP contribution in [0.15, 0.2) is 29.2 Å². The van der Waals surface area contributed by atoms with Gasteiger partial charge in [-0.05, 0) is 26.0 Å². The van der Waals surface area contributed by atoms with Gasteiger partial charge in [-0.25, -0.2) is 0 Å². The molecule has 0 saturated carbocycles. The molecule has 0 amide bonds. The monoisotopic (exact) mass is 523 g/mol. The standard InChI is InChI=1S/C21H19Cl2N5O5S/c1-21(2,10-29)20(33)28-19(25-7-11-3-4-15(23)34-11)12(6-24)18(26-28)13-8-27(9-17(31)32)16(30)5-14(13)22/h3-5,8,25,29H,7,9-10H2,1-2H3,(H,31,32). The summed E-state index contributed by atoms with van der Waals surface area (Å²) < 4.78 is 2.45. The third kappa shape index (κ3) is 5.15. The third-order valence-corrected chi connectivity index (χ3v) is 6.40. The number of thiophene rings is 1. The number of rotatable bonds is 8. The van der Waals surface area contributed by atoms with Crippen LogP contribution in [0.5, 0.6) is 0 Å². The SMILES string of the molecule is CC(C)(CO)C(=O)n1nc(-c2cn(CC(=O)O)c(=O)cc2Cl)c(C#N)c1NCc1ccc(Cl)s1. The molecule has 0 fully saturated rings. The van der Waals surface area contributed by atoms with Gasteiger partial charge < -0.3 is 20.1 Å². The van der Waals surface area contributed by atoms with Gasteiger partial charge in [-0.15, -0.1) is 11.3 Å². The molecule has 178 valence electrons. The Bertz CT molecular complexity index is 1370. The van der Waals surface area contributed by atoms with Crippen LogP contribution >= 0.6 is 34.5 Å². The van der Waals surface area contributed by atoms with E-state index in [1.165, 1.54) is 31.4 Å². The van der Waals surface area contributed by atoms with E-state index in [1.807, 2.05) is 6.07 Å². The van der Waals surface area contributed by atoms with Crippen molar-refractivity contribution in [3.8, 4) is 17.3 Å². The normalized spacial score (nSPS) is 11.3. The molecule has 3 N–H and O–H groups in total. The van der Waals surface area contributed by atoms with Crippen LogP contribution in [0.1, 0.15) is 29.1 Å². The fourth-order valence-corrected chi connectivity index (χ4v) is 4.25. The number of aliphatic carboxylic acids is 1. The van der Waals surface area contributed by atoms with Gasteiger partial charge in [0.25, 0.3) is 11.5 Å². The van der Waals surface area contributed by atoms with Gasteiger partial charge in [-0.1, -0.05) is 23.2 Å². The number of anilines is 1. The Morgan fingerprint density at radius 1 is 1.32 bits per heavy atom. The molecule has 34 heavy (non-hydrogen) atoms. The molecule has 13 heteroatoms. The maximum Gasteiger partial charge on any atom is 0.323 e. The largest absolute Gasteiger partial charge is 0.480 e. The molecule has 0 bridgehead atoms. The lowest BCUT2D eigenvalue weighted by Crippen LogP contribution is -2.34. The number of carboxylic acid groups (broad SMARTS) is 1. The molecule has 0 unspecified atom stereocenters. The molecule has 0 radical (unpaired) electrons. The highest BCUT2D eigenvalue weighted by Gasteiger charge is 2.33. The average Bonchev–Trinajstić information content (AvgIpc) is 3.35. The minimum atomic E-state index is -1.25. The van der Waals surface area contributed by atoms with Crippen LogP contribution in [0.25, 0.3) is 11.3 Å². The molecule has 0 aliphatic carbocycles. The van der Waals surface area contributed by atoms with E-state index in [0.717, 1.165) is 20.2 Å². The van der Waals surface area contributed by atoms with Crippen molar-refractivity contribution >= 4 is 52.2 Å². The highest BCUT2D eigenvalue weighted by Crippen LogP contribution is 2.34. The molecule has 10 nitrogen and oxygen atoms in total. The second kappa shape index (κ2) is 9.99. The second-order valence-corrected chi connectivity index (χ2v) is 10.1. The molecule has 0 aliphatic rings. The van der Waals surface area contributed by atoms with Crippen LogP contribution in [0.4, 0.5) is 5.82 Å². The molecule has 0 spiro atoms. The number of pyridine rings is 1. The molecule has 3 aromatic rings. The fourth-order valence-electron chi connectivity index (χ4n) is 2.99. The van der Waals surface area contributed by atoms with Crippen LogP contribution < -0.4 is 10.9 Å². The Morgan fingerprint density at radius 3 is 2.59 bits per heavy atom. The quantitative estimate of drug-likeness (QED) is 0.406. The van der Waals surface area contributed by atoms with Crippen LogP contribution in [-0.2, 0) is 17.9 Å². The molecule has 0 aliphatic heterocycles. The van der Waals surface area contributed by atoms with E-state index in [0.29, 0.717) is 4.34 Å². The number of nitriles is 1. The number of aromatic nitrogens is 3. The van der Waals surface area contributed by atoms with E-state index >= 15 is 0 Å². The van der Waals surface area contributed by atoms with Gasteiger partial charge in [0.2, 0.25) is 0 Å². The van der Waals surface area contributed by atoms with E-state index in [1.54, 1.807) is 12.1 Å². The van der Waals surface area contributed by atoms with E-state index in [9.17, 15) is 24.8 Å². The van der Waals surface area contributed by atoms with E-state index < -0.39 is 36.0 Å². The average molecular weight is 524 g/mol. The number of aliphatic hydroxyl groups excluding tert-OH is 1. The number of carboxylic acids is 1. The van der Waals surface area contributed by atoms with Crippen molar-refractivity contribution < 1.29 is 19.8 Å². The number of nitrogens with zero attached hydrogens (tertiary/aromatic N) is 4. The summed E-state index contributed by atoms with van der Waals surface area (Å²) in [4.78, 5) is 37.3. The first-order valence-corrected chi connectivity index (χ1v) is 11.3. The number of hydrogen-bond donors (Lipinski definition) is 3. The highest BCUT2D eigenvalue weighted by atomic mass is 35.5. The lowest BCUT2D eigenvalue weighted by Gasteiger charge is -2.20. The van der Waals surface area contributed by atoms with Crippen molar-refractivity contribution in [1.82, 2.24) is 14.3 Å². The van der Waals surface area contributed by atoms with Crippen LogP contribution in [0.2, 0.25) is 9.36 Å². The summed E-state index contributed by atoms with van der Waals surface area (Å²) in [6.45, 7) is 2.15. The molecular weight excluding hydrogens is 505 g/mol. The van der Waals surface area contributed by atoms with E-state index in [4.69, 9.17) is 28.3 Å². The van der Waals surface area contributed by atoms with Crippen LogP contribution in [-0.4, -0.2) is 43.0 Å². The maximum absolute atomic E-state index is 13.2. The zero-order chi connectivity index (χ0) is 25.2. The van der Waals surface area contributed by atoms with Crippen molar-refractivity contribution in [2.45, 2.75) is 26.9 Å². The van der Waals surface area contributed by atoms with Crippen molar-refractivity contribution in [2.75, 3.05) is 11.9 Å². The molecule has 3 rings (SSSR count). The number of carbonyl (C=O) groups is 2. The number of nitrogens with one attached hydrogen (secondary N) is 1. The van der Waals surface area contributed by atoms with E-state index in [-0.39, 0.29) is 34.2 Å². The molecule has 0 aromatic carbocycles. The first-order chi connectivity index (χ1) is 16.0. The Balaban J connectivity index is 2.21. The topological polar surface area (TPSA) is 150 Å². The first kappa shape index (κ1) is 25.5. The third-order valence-electron chi connectivity index (χ3n) is 4.86. The summed E-state index contributed by atoms with van der Waals surface area (Å²) in [6.07, 6.45) is 1.18. The predicted molar refractivity (Wildman–Crippen MR) is 127 cm³/mol. The summed E-state index contributed by atoms with van der Waals surface area (Å²) in [7, 11) is 0. The van der Waals surface area contributed by atoms with Crippen molar-refractivity contribution in [2.24, 2.45) is 5.41 Å². The van der Waals surface area contributed by atoms with Crippen molar-refractivity contribution in [3.05, 3.63) is 54.5 Å². The first-order valence-electron chi connectivity index (χ1n) is 9.77. The summed E-state index contributed by atoms with van der Waals surface area (Å²) in [5, 5.41) is 36.0. The Labute approximate surface area is 207 Å². The summed E-state index contributed by atoms with van der Waals surface area (Å²) in [6, 6.07) is 6.51. The van der Waals surface area contributed by atoms with Crippen molar-refractivity contribution in [3.63, 3.8) is 0 Å². The minimum Gasteiger partial charge on any atom is -0.480 e. The maximum atomic E-state index is 13.2. The van der Waals surface area contributed by atoms with Gasteiger partial charge in [0.1, 0.15) is 23.9 Å². The van der Waals surface area contributed by atoms with Gasteiger partial charge in [0.05, 0.1) is 27.9 Å². The van der Waals surface area contributed by atoms with Crippen LogP contribution in [0, 0.1) is 16.7 Å². The zero-order valence-corrected chi connectivity index (χ0v) is 20.3. The van der Waals surface area contributed by atoms with Gasteiger partial charge >= 0.3 is 5.97 Å². The zero-order valence-electron chi connectivity index (χ0n) is 18.0. The number of carbonyl (C=O) groups excluding carboxylic acids is 1. The Morgan fingerprint density at radius 2 is 2.03 bits per heavy atom. The van der Waals surface area contributed by atoms with Crippen LogP contribution in [0.3, 0.4) is 0 Å². The summed E-state index contributed by atoms with van der Waals surface area (Å²) in [5.41, 5.74) is -1.87. The second-order valence-electron chi connectivity index (χ2n) is 7.90. The molecule has 3 aromatic heterocycles. The van der Waals surface area contributed by atoms with Gasteiger partial charge in [-0.3, -0.25) is 14.4 Å².